The number of aromatic hydroxyl groups is 2. The molecule has 1 saturated heterocycles. The fourth-order valence-electron chi connectivity index (χ4n) is 3.57. The van der Waals surface area contributed by atoms with Crippen LogP contribution < -0.4 is 14.9 Å². The predicted molar refractivity (Wildman–Crippen MR) is 112 cm³/mol. The molecule has 6 N–H and O–H groups in total. The Labute approximate surface area is 186 Å². The van der Waals surface area contributed by atoms with Crippen molar-refractivity contribution in [1.82, 2.24) is 0 Å². The normalized spacial score (nSPS) is 25.2. The van der Waals surface area contributed by atoms with E-state index in [2.05, 4.69) is 0 Å². The maximum absolute atomic E-state index is 12.8. The fourth-order valence-corrected chi connectivity index (χ4v) is 3.57. The van der Waals surface area contributed by atoms with Crippen LogP contribution in [0.4, 0.5) is 0 Å². The molecular weight excluding hydrogens is 440 g/mol. The summed E-state index contributed by atoms with van der Waals surface area (Å²) in [7, 11) is 1.50. The van der Waals surface area contributed by atoms with E-state index < -0.39 is 60.0 Å². The highest BCUT2D eigenvalue weighted by Gasteiger charge is 2.45. The summed E-state index contributed by atoms with van der Waals surface area (Å²) >= 11 is 0. The minimum atomic E-state index is -1.78. The van der Waals surface area contributed by atoms with Gasteiger partial charge >= 0.3 is 0 Å². The number of aliphatic hydroxyl groups excluding tert-OH is 4. The number of methoxy groups -OCH3 is 1. The van der Waals surface area contributed by atoms with Gasteiger partial charge in [0.25, 0.3) is 0 Å². The molecule has 0 unspecified atom stereocenters. The van der Waals surface area contributed by atoms with Crippen LogP contribution >= 0.6 is 0 Å². The molecule has 1 aromatic heterocycles. The Balaban J connectivity index is 1.82. The third-order valence-corrected chi connectivity index (χ3v) is 5.37. The molecule has 0 bridgehead atoms. The lowest BCUT2D eigenvalue weighted by Crippen LogP contribution is -2.60. The number of benzene rings is 2. The van der Waals surface area contributed by atoms with Gasteiger partial charge in [-0.2, -0.15) is 0 Å². The number of aliphatic hydroxyl groups is 4. The Morgan fingerprint density at radius 1 is 0.970 bits per heavy atom. The SMILES string of the molecule is COc1ccc(-c2cc(=O)c3c(O)cc(O)c(O[C@@H]4O[C@@H](CO)[C@@H](O)[C@H](O)[C@H]4O)c3o2)cc1. The van der Waals surface area contributed by atoms with E-state index in [4.69, 9.17) is 18.6 Å². The summed E-state index contributed by atoms with van der Waals surface area (Å²) in [5.74, 6) is -1.02. The summed E-state index contributed by atoms with van der Waals surface area (Å²) in [5, 5.41) is 59.9. The zero-order valence-corrected chi connectivity index (χ0v) is 17.3. The molecule has 1 aliphatic heterocycles. The summed E-state index contributed by atoms with van der Waals surface area (Å²) in [5.41, 5.74) is -0.502. The molecule has 33 heavy (non-hydrogen) atoms. The molecule has 2 aromatic carbocycles. The molecule has 1 fully saturated rings. The zero-order chi connectivity index (χ0) is 23.9. The van der Waals surface area contributed by atoms with E-state index >= 15 is 0 Å². The van der Waals surface area contributed by atoms with Gasteiger partial charge in [0.05, 0.1) is 13.7 Å². The number of rotatable bonds is 5. The second-order valence-electron chi connectivity index (χ2n) is 7.47. The average molecular weight is 462 g/mol. The minimum Gasteiger partial charge on any atom is -0.507 e. The molecule has 5 atom stereocenters. The number of hydrogen-bond donors (Lipinski definition) is 6. The van der Waals surface area contributed by atoms with E-state index in [1.54, 1.807) is 24.3 Å². The minimum absolute atomic E-state index is 0.0822. The summed E-state index contributed by atoms with van der Waals surface area (Å²) in [6.45, 7) is -0.691. The lowest BCUT2D eigenvalue weighted by molar-refractivity contribution is -0.277. The smallest absolute Gasteiger partial charge is 0.229 e. The van der Waals surface area contributed by atoms with Crippen LogP contribution in [0.25, 0.3) is 22.3 Å². The van der Waals surface area contributed by atoms with Crippen molar-refractivity contribution in [2.24, 2.45) is 0 Å². The molecule has 0 spiro atoms. The number of phenols is 2. The van der Waals surface area contributed by atoms with Gasteiger partial charge in [-0.3, -0.25) is 4.79 Å². The van der Waals surface area contributed by atoms with E-state index in [0.29, 0.717) is 11.3 Å². The van der Waals surface area contributed by atoms with Crippen molar-refractivity contribution in [2.75, 3.05) is 13.7 Å². The van der Waals surface area contributed by atoms with Crippen LogP contribution in [0.15, 0.2) is 45.6 Å². The Morgan fingerprint density at radius 2 is 1.67 bits per heavy atom. The largest absolute Gasteiger partial charge is 0.507 e. The van der Waals surface area contributed by atoms with Gasteiger partial charge in [0, 0.05) is 17.7 Å². The van der Waals surface area contributed by atoms with E-state index in [-0.39, 0.29) is 16.7 Å². The van der Waals surface area contributed by atoms with Crippen LogP contribution in [-0.4, -0.2) is 75.1 Å². The molecule has 176 valence electrons. The van der Waals surface area contributed by atoms with Crippen LogP contribution in [-0.2, 0) is 4.74 Å². The van der Waals surface area contributed by atoms with E-state index in [9.17, 15) is 35.4 Å². The number of fused-ring (bicyclic) bond motifs is 1. The first kappa shape index (κ1) is 22.8. The van der Waals surface area contributed by atoms with E-state index in [1.165, 1.54) is 7.11 Å². The lowest BCUT2D eigenvalue weighted by Gasteiger charge is -2.39. The zero-order valence-electron chi connectivity index (χ0n) is 17.3. The molecule has 0 aliphatic carbocycles. The Hall–Kier alpha value is -3.35. The average Bonchev–Trinajstić information content (AvgIpc) is 2.81. The van der Waals surface area contributed by atoms with Crippen LogP contribution in [0.1, 0.15) is 0 Å². The van der Waals surface area contributed by atoms with E-state index in [1.807, 2.05) is 0 Å². The monoisotopic (exact) mass is 462 g/mol. The molecule has 2 heterocycles. The maximum Gasteiger partial charge on any atom is 0.229 e. The van der Waals surface area contributed by atoms with Gasteiger partial charge in [0.2, 0.25) is 12.0 Å². The van der Waals surface area contributed by atoms with Gasteiger partial charge in [0.1, 0.15) is 47.1 Å². The van der Waals surface area contributed by atoms with Gasteiger partial charge in [-0.25, -0.2) is 0 Å². The van der Waals surface area contributed by atoms with Crippen molar-refractivity contribution < 1.29 is 49.3 Å². The molecule has 1 aliphatic rings. The molecule has 4 rings (SSSR count). The predicted octanol–water partition coefficient (Wildman–Crippen LogP) is 0.0585. The summed E-state index contributed by atoms with van der Waals surface area (Å²) in [4.78, 5) is 12.8. The molecule has 0 radical (unpaired) electrons. The standard InChI is InChI=1S/C22H22O11/c1-30-10-4-2-9(3-5-10)14-7-12(25)16-11(24)6-13(26)20(21(16)31-14)33-22-19(29)18(28)17(27)15(8-23)32-22/h2-7,15,17-19,22-24,26-29H,8H2,1H3/t15-,17+,18-,19+,22-/m0/s1. The Bertz CT molecular complexity index is 1200. The van der Waals surface area contributed by atoms with Crippen LogP contribution in [0.2, 0.25) is 0 Å². The second-order valence-corrected chi connectivity index (χ2v) is 7.47. The van der Waals surface area contributed by atoms with Gasteiger partial charge < -0.3 is 49.3 Å². The summed E-state index contributed by atoms with van der Waals surface area (Å²) < 4.78 is 21.7. The second kappa shape index (κ2) is 8.89. The quantitative estimate of drug-likeness (QED) is 0.302. The molecule has 11 nitrogen and oxygen atoms in total. The summed E-state index contributed by atoms with van der Waals surface area (Å²) in [6, 6.07) is 8.55. The topological polar surface area (TPSA) is 179 Å². The van der Waals surface area contributed by atoms with Crippen molar-refractivity contribution in [1.29, 1.82) is 0 Å². The lowest BCUT2D eigenvalue weighted by atomic mass is 9.99. The van der Waals surface area contributed by atoms with Gasteiger partial charge in [0.15, 0.2) is 16.8 Å². The van der Waals surface area contributed by atoms with Gasteiger partial charge in [-0.05, 0) is 24.3 Å². The number of phenolic OH excluding ortho intramolecular Hbond substituents is 2. The Morgan fingerprint density at radius 3 is 2.30 bits per heavy atom. The first-order chi connectivity index (χ1) is 15.7. The molecular formula is C22H22O11. The number of hydrogen-bond acceptors (Lipinski definition) is 11. The molecule has 0 amide bonds. The molecule has 11 heteroatoms. The van der Waals surface area contributed by atoms with Crippen LogP contribution in [0.3, 0.4) is 0 Å². The first-order valence-electron chi connectivity index (χ1n) is 9.89. The van der Waals surface area contributed by atoms with Gasteiger partial charge in [-0.1, -0.05) is 0 Å². The van der Waals surface area contributed by atoms with Crippen LogP contribution in [0.5, 0.6) is 23.0 Å². The van der Waals surface area contributed by atoms with E-state index in [0.717, 1.165) is 12.1 Å². The van der Waals surface area contributed by atoms with Crippen molar-refractivity contribution in [2.45, 2.75) is 30.7 Å². The molecule has 3 aromatic rings. The van der Waals surface area contributed by atoms with Crippen LogP contribution in [0, 0.1) is 0 Å². The van der Waals surface area contributed by atoms with Crippen molar-refractivity contribution >= 4 is 11.0 Å². The highest BCUT2D eigenvalue weighted by Crippen LogP contribution is 2.42. The van der Waals surface area contributed by atoms with Crippen molar-refractivity contribution in [3.05, 3.63) is 46.6 Å². The highest BCUT2D eigenvalue weighted by molar-refractivity contribution is 5.91. The van der Waals surface area contributed by atoms with Crippen molar-refractivity contribution in [3.8, 4) is 34.3 Å². The van der Waals surface area contributed by atoms with Gasteiger partial charge in [-0.15, -0.1) is 0 Å². The maximum atomic E-state index is 12.8. The third kappa shape index (κ3) is 4.08. The Kier molecular flexibility index (Phi) is 6.15. The molecule has 0 saturated carbocycles. The fraction of sp³-hybridized carbons (Fsp3) is 0.318. The first-order valence-corrected chi connectivity index (χ1v) is 9.89. The third-order valence-electron chi connectivity index (χ3n) is 5.37. The highest BCUT2D eigenvalue weighted by atomic mass is 16.7. The van der Waals surface area contributed by atoms with Crippen molar-refractivity contribution in [3.63, 3.8) is 0 Å². The number of ether oxygens (including phenoxy) is 3. The summed E-state index contributed by atoms with van der Waals surface area (Å²) in [6.07, 6.45) is -8.04.